The average Bonchev–Trinajstić information content (AvgIpc) is 2.29. The molecular weight excluding hydrogens is 248 g/mol. The largest absolute Gasteiger partial charge is 0.399 e. The summed E-state index contributed by atoms with van der Waals surface area (Å²) in [6.45, 7) is 5.76. The molecule has 2 N–H and O–H groups in total. The molecule has 0 amide bonds. The van der Waals surface area contributed by atoms with Crippen molar-refractivity contribution < 1.29 is 8.42 Å². The minimum absolute atomic E-state index is 0.0342. The van der Waals surface area contributed by atoms with Crippen LogP contribution in [-0.2, 0) is 10.0 Å². The first-order valence-corrected chi connectivity index (χ1v) is 7.62. The number of sulfonamides is 1. The van der Waals surface area contributed by atoms with E-state index in [0.717, 1.165) is 12.8 Å². The van der Waals surface area contributed by atoms with Crippen LogP contribution in [0.4, 0.5) is 5.69 Å². The summed E-state index contributed by atoms with van der Waals surface area (Å²) in [4.78, 5) is 0.339. The van der Waals surface area contributed by atoms with Crippen LogP contribution in [0.5, 0.6) is 0 Å². The van der Waals surface area contributed by atoms with Crippen LogP contribution in [0.1, 0.15) is 32.3 Å². The molecule has 0 spiro atoms. The molecule has 1 aromatic carbocycles. The maximum atomic E-state index is 12.5. The first-order chi connectivity index (χ1) is 8.34. The van der Waals surface area contributed by atoms with E-state index in [1.807, 2.05) is 13.8 Å². The highest BCUT2D eigenvalue weighted by molar-refractivity contribution is 7.89. The van der Waals surface area contributed by atoms with Crippen molar-refractivity contribution in [3.8, 4) is 0 Å². The highest BCUT2D eigenvalue weighted by Crippen LogP contribution is 2.23. The van der Waals surface area contributed by atoms with Crippen molar-refractivity contribution in [3.05, 3.63) is 23.8 Å². The summed E-state index contributed by atoms with van der Waals surface area (Å²) in [5.41, 5.74) is 6.92. The van der Waals surface area contributed by atoms with Gasteiger partial charge in [-0.25, -0.2) is 8.42 Å². The Morgan fingerprint density at radius 1 is 1.28 bits per heavy atom. The van der Waals surface area contributed by atoms with Crippen LogP contribution in [0, 0.1) is 6.92 Å². The number of nitrogens with two attached hydrogens (primary N) is 1. The third kappa shape index (κ3) is 2.84. The zero-order valence-electron chi connectivity index (χ0n) is 11.5. The number of aryl methyl sites for hydroxylation is 1. The second-order valence-corrected chi connectivity index (χ2v) is 6.48. The molecule has 0 atom stereocenters. The van der Waals surface area contributed by atoms with Crippen LogP contribution in [0.2, 0.25) is 0 Å². The van der Waals surface area contributed by atoms with Gasteiger partial charge in [0.05, 0.1) is 4.90 Å². The van der Waals surface area contributed by atoms with Crippen molar-refractivity contribution in [2.24, 2.45) is 0 Å². The fraction of sp³-hybridized carbons (Fsp3) is 0.538. The lowest BCUT2D eigenvalue weighted by Crippen LogP contribution is -2.36. The van der Waals surface area contributed by atoms with E-state index in [-0.39, 0.29) is 6.04 Å². The number of hydrogen-bond acceptors (Lipinski definition) is 3. The van der Waals surface area contributed by atoms with Crippen LogP contribution < -0.4 is 5.73 Å². The van der Waals surface area contributed by atoms with E-state index < -0.39 is 10.0 Å². The van der Waals surface area contributed by atoms with Gasteiger partial charge in [-0.05, 0) is 43.5 Å². The summed E-state index contributed by atoms with van der Waals surface area (Å²) >= 11 is 0. The molecule has 0 bridgehead atoms. The van der Waals surface area contributed by atoms with Gasteiger partial charge in [0.2, 0.25) is 10.0 Å². The second kappa shape index (κ2) is 5.71. The smallest absolute Gasteiger partial charge is 0.243 e. The number of nitrogen functional groups attached to an aromatic ring is 1. The Kier molecular flexibility index (Phi) is 4.76. The van der Waals surface area contributed by atoms with Gasteiger partial charge in [0.1, 0.15) is 0 Å². The second-order valence-electron chi connectivity index (χ2n) is 4.52. The van der Waals surface area contributed by atoms with Crippen molar-refractivity contribution in [2.45, 2.75) is 44.6 Å². The Bertz CT molecular complexity index is 508. The monoisotopic (exact) mass is 270 g/mol. The quantitative estimate of drug-likeness (QED) is 0.836. The van der Waals surface area contributed by atoms with Gasteiger partial charge in [-0.2, -0.15) is 4.31 Å². The molecule has 0 radical (unpaired) electrons. The Balaban J connectivity index is 3.21. The van der Waals surface area contributed by atoms with Crippen molar-refractivity contribution in [3.63, 3.8) is 0 Å². The molecule has 5 heteroatoms. The normalized spacial score (nSPS) is 12.3. The van der Waals surface area contributed by atoms with Gasteiger partial charge in [0, 0.05) is 18.8 Å². The van der Waals surface area contributed by atoms with E-state index in [9.17, 15) is 8.42 Å². The lowest BCUT2D eigenvalue weighted by Gasteiger charge is -2.26. The van der Waals surface area contributed by atoms with Gasteiger partial charge in [-0.15, -0.1) is 0 Å². The SMILES string of the molecule is CCC(CC)N(C)S(=O)(=O)c1ccc(N)cc1C. The predicted octanol–water partition coefficient (Wildman–Crippen LogP) is 2.39. The molecule has 0 fully saturated rings. The maximum Gasteiger partial charge on any atom is 0.243 e. The Morgan fingerprint density at radius 3 is 2.28 bits per heavy atom. The number of anilines is 1. The third-order valence-corrected chi connectivity index (χ3v) is 5.38. The molecule has 1 rings (SSSR count). The van der Waals surface area contributed by atoms with Crippen LogP contribution in [-0.4, -0.2) is 25.8 Å². The van der Waals surface area contributed by atoms with Gasteiger partial charge in [-0.3, -0.25) is 0 Å². The molecule has 18 heavy (non-hydrogen) atoms. The predicted molar refractivity (Wildman–Crippen MR) is 74.9 cm³/mol. The van der Waals surface area contributed by atoms with E-state index >= 15 is 0 Å². The summed E-state index contributed by atoms with van der Waals surface area (Å²) in [5, 5.41) is 0. The summed E-state index contributed by atoms with van der Waals surface area (Å²) in [7, 11) is -1.79. The van der Waals surface area contributed by atoms with Crippen molar-refractivity contribution in [2.75, 3.05) is 12.8 Å². The van der Waals surface area contributed by atoms with E-state index in [1.165, 1.54) is 4.31 Å². The highest BCUT2D eigenvalue weighted by atomic mass is 32.2. The number of hydrogen-bond donors (Lipinski definition) is 1. The van der Waals surface area contributed by atoms with Crippen LogP contribution in [0.15, 0.2) is 23.1 Å². The van der Waals surface area contributed by atoms with Crippen molar-refractivity contribution in [1.82, 2.24) is 4.31 Å². The molecule has 0 aromatic heterocycles. The molecule has 0 aliphatic carbocycles. The summed E-state index contributed by atoms with van der Waals surface area (Å²) in [6.07, 6.45) is 1.61. The minimum atomic E-state index is -3.43. The van der Waals surface area contributed by atoms with Crippen LogP contribution in [0.3, 0.4) is 0 Å². The Hall–Kier alpha value is -1.07. The summed E-state index contributed by atoms with van der Waals surface area (Å²) < 4.78 is 26.5. The van der Waals surface area contributed by atoms with Gasteiger partial charge >= 0.3 is 0 Å². The average molecular weight is 270 g/mol. The lowest BCUT2D eigenvalue weighted by atomic mass is 10.2. The molecule has 4 nitrogen and oxygen atoms in total. The topological polar surface area (TPSA) is 63.4 Å². The maximum absolute atomic E-state index is 12.5. The molecule has 0 aliphatic rings. The van der Waals surface area contributed by atoms with Crippen molar-refractivity contribution >= 4 is 15.7 Å². The fourth-order valence-electron chi connectivity index (χ4n) is 2.12. The van der Waals surface area contributed by atoms with E-state index in [4.69, 9.17) is 5.73 Å². The molecule has 102 valence electrons. The summed E-state index contributed by atoms with van der Waals surface area (Å²) in [6, 6.07) is 4.93. The molecule has 0 aliphatic heterocycles. The zero-order chi connectivity index (χ0) is 13.9. The fourth-order valence-corrected chi connectivity index (χ4v) is 3.82. The first-order valence-electron chi connectivity index (χ1n) is 6.18. The molecule has 0 heterocycles. The van der Waals surface area contributed by atoms with Gasteiger partial charge in [0.25, 0.3) is 0 Å². The molecule has 0 saturated heterocycles. The van der Waals surface area contributed by atoms with Gasteiger partial charge < -0.3 is 5.73 Å². The standard InChI is InChI=1S/C13H22N2O2S/c1-5-12(6-2)15(4)18(16,17)13-8-7-11(14)9-10(13)3/h7-9,12H,5-6,14H2,1-4H3. The Morgan fingerprint density at radius 2 is 1.83 bits per heavy atom. The number of benzene rings is 1. The third-order valence-electron chi connectivity index (χ3n) is 3.31. The molecule has 1 aromatic rings. The zero-order valence-corrected chi connectivity index (χ0v) is 12.3. The summed E-state index contributed by atoms with van der Waals surface area (Å²) in [5.74, 6) is 0. The number of nitrogens with zero attached hydrogens (tertiary/aromatic N) is 1. The molecule has 0 unspecified atom stereocenters. The highest BCUT2D eigenvalue weighted by Gasteiger charge is 2.27. The van der Waals surface area contributed by atoms with Crippen LogP contribution in [0.25, 0.3) is 0 Å². The first kappa shape index (κ1) is 15.0. The molecule has 0 saturated carbocycles. The molecular formula is C13H22N2O2S. The van der Waals surface area contributed by atoms with E-state index in [2.05, 4.69) is 0 Å². The van der Waals surface area contributed by atoms with Crippen LogP contribution >= 0.6 is 0 Å². The number of rotatable bonds is 5. The van der Waals surface area contributed by atoms with Crippen molar-refractivity contribution in [1.29, 1.82) is 0 Å². The van der Waals surface area contributed by atoms with Gasteiger partial charge in [-0.1, -0.05) is 13.8 Å². The minimum Gasteiger partial charge on any atom is -0.399 e. The lowest BCUT2D eigenvalue weighted by molar-refractivity contribution is 0.349. The van der Waals surface area contributed by atoms with E-state index in [1.54, 1.807) is 32.2 Å². The van der Waals surface area contributed by atoms with E-state index in [0.29, 0.717) is 16.1 Å². The van der Waals surface area contributed by atoms with Gasteiger partial charge in [0.15, 0.2) is 0 Å². The Labute approximate surface area is 110 Å².